The highest BCUT2D eigenvalue weighted by molar-refractivity contribution is 7.95. The minimum Gasteiger partial charge on any atom is -0.327 e. The lowest BCUT2D eigenvalue weighted by Crippen LogP contribution is -1.97. The van der Waals surface area contributed by atoms with Crippen molar-refractivity contribution in [1.29, 1.82) is 0 Å². The second kappa shape index (κ2) is 5.23. The van der Waals surface area contributed by atoms with Crippen LogP contribution in [0.1, 0.15) is 0 Å². The molecule has 0 amide bonds. The van der Waals surface area contributed by atoms with Gasteiger partial charge in [0.1, 0.15) is 0 Å². The van der Waals surface area contributed by atoms with Crippen LogP contribution >= 0.6 is 33.2 Å². The Balaban J connectivity index is 2.99. The lowest BCUT2D eigenvalue weighted by Gasteiger charge is -2.05. The first-order valence-electron chi connectivity index (χ1n) is 1.99. The molecular weight excluding hydrogens is 145 g/mol. The number of thiol groups is 2. The molecule has 0 radical (unpaired) electrons. The molecule has 0 unspecified atom stereocenters. The Bertz CT molecular complexity index is 34.4. The third-order valence-corrected chi connectivity index (χ3v) is 4.37. The molecule has 0 atom stereocenters. The normalized spacial score (nSPS) is 10.3. The van der Waals surface area contributed by atoms with Crippen molar-refractivity contribution in [2.45, 2.75) is 0 Å². The fourth-order valence-corrected chi connectivity index (χ4v) is 2.25. The van der Waals surface area contributed by atoms with Crippen LogP contribution in [0.2, 0.25) is 0 Å². The summed E-state index contributed by atoms with van der Waals surface area (Å²) in [4.78, 5) is 0. The van der Waals surface area contributed by atoms with E-state index in [2.05, 4.69) is 25.3 Å². The Labute approximate surface area is 56.6 Å². The van der Waals surface area contributed by atoms with Gasteiger partial charge in [0.05, 0.1) is 0 Å². The maximum absolute atomic E-state index is 5.32. The van der Waals surface area contributed by atoms with Gasteiger partial charge in [-0.05, 0) is 0 Å². The molecule has 44 valence electrons. The monoisotopic (exact) mass is 155 g/mol. The summed E-state index contributed by atoms with van der Waals surface area (Å²) in [5, 5.41) is 0. The van der Waals surface area contributed by atoms with Crippen molar-refractivity contribution in [1.82, 2.24) is 0 Å². The second-order valence-corrected chi connectivity index (χ2v) is 5.11. The van der Waals surface area contributed by atoms with Crippen molar-refractivity contribution in [3.05, 3.63) is 0 Å². The van der Waals surface area contributed by atoms with Gasteiger partial charge in [0.2, 0.25) is 0 Å². The summed E-state index contributed by atoms with van der Waals surface area (Å²) in [5.41, 5.74) is 7.15. The zero-order valence-electron chi connectivity index (χ0n) is 4.04. The van der Waals surface area contributed by atoms with Gasteiger partial charge in [-0.1, -0.05) is 7.92 Å². The van der Waals surface area contributed by atoms with Crippen molar-refractivity contribution in [3.63, 3.8) is 0 Å². The van der Waals surface area contributed by atoms with Crippen LogP contribution in [0.4, 0.5) is 0 Å². The molecule has 7 heavy (non-hydrogen) atoms. The van der Waals surface area contributed by atoms with Crippen molar-refractivity contribution < 1.29 is 0 Å². The third-order valence-electron chi connectivity index (χ3n) is 0.658. The van der Waals surface area contributed by atoms with E-state index in [0.717, 1.165) is 17.3 Å². The molecule has 0 bridgehead atoms. The van der Waals surface area contributed by atoms with E-state index in [1.165, 1.54) is 0 Å². The van der Waals surface area contributed by atoms with E-state index in [4.69, 9.17) is 5.73 Å². The van der Waals surface area contributed by atoms with E-state index in [1.54, 1.807) is 0 Å². The first-order valence-corrected chi connectivity index (χ1v) is 5.15. The molecule has 0 saturated heterocycles. The summed E-state index contributed by atoms with van der Waals surface area (Å²) in [7, 11) is -0.0478. The summed E-state index contributed by atoms with van der Waals surface area (Å²) in [6.45, 7) is 0. The number of rotatable bonds is 3. The highest BCUT2D eigenvalue weighted by atomic mass is 32.1. The minimum atomic E-state index is -0.0478. The fraction of sp³-hybridized carbons (Fsp3) is 1.00. The van der Waals surface area contributed by atoms with Crippen molar-refractivity contribution in [2.24, 2.45) is 5.73 Å². The Kier molecular flexibility index (Phi) is 6.05. The van der Waals surface area contributed by atoms with Crippen LogP contribution in [0, 0.1) is 0 Å². The van der Waals surface area contributed by atoms with Crippen LogP contribution in [0.15, 0.2) is 0 Å². The lowest BCUT2D eigenvalue weighted by molar-refractivity contribution is 1.37. The Morgan fingerprint density at radius 2 is 1.71 bits per heavy atom. The van der Waals surface area contributed by atoms with E-state index < -0.39 is 0 Å². The average molecular weight is 155 g/mol. The van der Waals surface area contributed by atoms with Gasteiger partial charge in [0.15, 0.2) is 0 Å². The van der Waals surface area contributed by atoms with Gasteiger partial charge in [-0.3, -0.25) is 0 Å². The average Bonchev–Trinajstić information content (AvgIpc) is 1.72. The van der Waals surface area contributed by atoms with Gasteiger partial charge in [-0.2, -0.15) is 25.3 Å². The van der Waals surface area contributed by atoms with Crippen LogP contribution < -0.4 is 5.73 Å². The van der Waals surface area contributed by atoms with Crippen molar-refractivity contribution in [2.75, 3.05) is 17.3 Å². The number of hydrogen-bond acceptors (Lipinski definition) is 3. The van der Waals surface area contributed by atoms with Gasteiger partial charge in [-0.15, -0.1) is 0 Å². The molecule has 0 aliphatic heterocycles. The molecule has 0 spiro atoms. The molecule has 0 aromatic heterocycles. The second-order valence-electron chi connectivity index (χ2n) is 1.14. The molecular formula is C3H10NPS2. The maximum atomic E-state index is 5.32. The maximum Gasteiger partial charge on any atom is 0.0142 e. The van der Waals surface area contributed by atoms with Gasteiger partial charge >= 0.3 is 0 Å². The largest absolute Gasteiger partial charge is 0.327 e. The molecule has 0 saturated carbocycles. The van der Waals surface area contributed by atoms with Crippen molar-refractivity contribution >= 4 is 33.2 Å². The smallest absolute Gasteiger partial charge is 0.0142 e. The summed E-state index contributed by atoms with van der Waals surface area (Å²) in [6.07, 6.45) is 0.766. The molecule has 0 aliphatic carbocycles. The lowest BCUT2D eigenvalue weighted by atomic mass is 11.5. The van der Waals surface area contributed by atoms with Crippen LogP contribution in [-0.4, -0.2) is 17.3 Å². The quantitative estimate of drug-likeness (QED) is 0.414. The van der Waals surface area contributed by atoms with E-state index in [9.17, 15) is 0 Å². The van der Waals surface area contributed by atoms with Gasteiger partial charge in [-0.25, -0.2) is 0 Å². The molecule has 0 rings (SSSR count). The predicted molar refractivity (Wildman–Crippen MR) is 43.7 cm³/mol. The molecule has 0 aromatic carbocycles. The van der Waals surface area contributed by atoms with E-state index in [1.807, 2.05) is 0 Å². The molecule has 2 N–H and O–H groups in total. The Morgan fingerprint density at radius 1 is 1.29 bits per heavy atom. The van der Waals surface area contributed by atoms with E-state index in [0.29, 0.717) is 0 Å². The summed E-state index contributed by atoms with van der Waals surface area (Å²) < 4.78 is 0. The number of nitrogens with two attached hydrogens (primary N) is 1. The highest BCUT2D eigenvalue weighted by Gasteiger charge is 1.96. The highest BCUT2D eigenvalue weighted by Crippen LogP contribution is 2.34. The van der Waals surface area contributed by atoms with Crippen LogP contribution in [0.25, 0.3) is 0 Å². The van der Waals surface area contributed by atoms with Crippen LogP contribution in [0.3, 0.4) is 0 Å². The molecule has 0 heterocycles. The minimum absolute atomic E-state index is 0.0478. The predicted octanol–water partition coefficient (Wildman–Crippen LogP) is 1.16. The first kappa shape index (κ1) is 8.09. The van der Waals surface area contributed by atoms with Gasteiger partial charge in [0, 0.05) is 17.3 Å². The van der Waals surface area contributed by atoms with Gasteiger partial charge < -0.3 is 5.73 Å². The van der Waals surface area contributed by atoms with E-state index >= 15 is 0 Å². The Hall–Kier alpha value is 1.09. The summed E-state index contributed by atoms with van der Waals surface area (Å²) >= 11 is 8.15. The standard InChI is InChI=1S/C3H10NPS2/c4-1-5(2-6)3-7/h6-7H,1-4H2. The molecule has 1 nitrogen and oxygen atoms in total. The Morgan fingerprint density at radius 3 is 1.71 bits per heavy atom. The van der Waals surface area contributed by atoms with Crippen molar-refractivity contribution in [3.8, 4) is 0 Å². The SMILES string of the molecule is NCP(CS)CS. The van der Waals surface area contributed by atoms with Crippen LogP contribution in [-0.2, 0) is 0 Å². The summed E-state index contributed by atoms with van der Waals surface area (Å²) in [5.74, 6) is 0. The first-order chi connectivity index (χ1) is 3.35. The van der Waals surface area contributed by atoms with E-state index in [-0.39, 0.29) is 7.92 Å². The zero-order valence-corrected chi connectivity index (χ0v) is 6.72. The fourth-order valence-electron chi connectivity index (χ4n) is 0.160. The third kappa shape index (κ3) is 3.65. The zero-order chi connectivity index (χ0) is 5.70. The molecule has 0 fully saturated rings. The molecule has 0 aromatic rings. The topological polar surface area (TPSA) is 26.0 Å². The van der Waals surface area contributed by atoms with Crippen LogP contribution in [0.5, 0.6) is 0 Å². The molecule has 0 aliphatic rings. The van der Waals surface area contributed by atoms with Gasteiger partial charge in [0.25, 0.3) is 0 Å². The number of hydrogen-bond donors (Lipinski definition) is 3. The summed E-state index contributed by atoms with van der Waals surface area (Å²) in [6, 6.07) is 0. The molecule has 4 heteroatoms.